The third kappa shape index (κ3) is 5.38. The Morgan fingerprint density at radius 3 is 2.42 bits per heavy atom. The zero-order valence-electron chi connectivity index (χ0n) is 18.0. The van der Waals surface area contributed by atoms with Crippen LogP contribution in [0.5, 0.6) is 11.5 Å². The van der Waals surface area contributed by atoms with Crippen molar-refractivity contribution in [1.29, 1.82) is 0 Å². The first-order valence-corrected chi connectivity index (χ1v) is 9.87. The zero-order chi connectivity index (χ0) is 24.0. The Morgan fingerprint density at radius 1 is 0.939 bits per heavy atom. The second kappa shape index (κ2) is 10.4. The van der Waals surface area contributed by atoms with Crippen LogP contribution in [0.3, 0.4) is 0 Å². The Kier molecular flexibility index (Phi) is 7.45. The van der Waals surface area contributed by atoms with Crippen molar-refractivity contribution < 1.29 is 32.6 Å². The Balaban J connectivity index is 1.66. The Morgan fingerprint density at radius 2 is 1.70 bits per heavy atom. The van der Waals surface area contributed by atoms with E-state index in [9.17, 15) is 18.4 Å². The molecule has 172 valence electrons. The number of esters is 1. The number of ether oxygens (including phenoxy) is 3. The molecule has 0 saturated carbocycles. The van der Waals surface area contributed by atoms with Gasteiger partial charge in [-0.15, -0.1) is 0 Å². The molecule has 0 spiro atoms. The summed E-state index contributed by atoms with van der Waals surface area (Å²) in [7, 11) is 2.64. The average molecular weight is 456 g/mol. The standard InChI is InChI=1S/C24H22F2N2O5/c1-31-21-8-7-14(11-17(21)24(30)32-2)23(29)28-9-10-33-22-6-4-3-5-15(22)16-12-20(27)19(26)13-18(16)25/h3-8,11-13H,9-10,27H2,1-2H3,(H,28,29). The fourth-order valence-corrected chi connectivity index (χ4v) is 3.13. The molecule has 0 radical (unpaired) electrons. The summed E-state index contributed by atoms with van der Waals surface area (Å²) in [6.07, 6.45) is 0. The van der Waals surface area contributed by atoms with Crippen LogP contribution in [0, 0.1) is 11.6 Å². The van der Waals surface area contributed by atoms with Gasteiger partial charge in [-0.2, -0.15) is 0 Å². The number of rotatable bonds is 8. The van der Waals surface area contributed by atoms with E-state index < -0.39 is 23.5 Å². The number of benzene rings is 3. The summed E-state index contributed by atoms with van der Waals surface area (Å²) in [5.41, 5.74) is 6.25. The fraction of sp³-hybridized carbons (Fsp3) is 0.167. The summed E-state index contributed by atoms with van der Waals surface area (Å²) in [6, 6.07) is 12.9. The number of methoxy groups -OCH3 is 2. The van der Waals surface area contributed by atoms with Crippen LogP contribution in [0.2, 0.25) is 0 Å². The molecule has 9 heteroatoms. The first-order chi connectivity index (χ1) is 15.8. The lowest BCUT2D eigenvalue weighted by molar-refractivity contribution is 0.0597. The van der Waals surface area contributed by atoms with Gasteiger partial charge in [-0.3, -0.25) is 4.79 Å². The summed E-state index contributed by atoms with van der Waals surface area (Å²) in [5.74, 6) is -2.05. The third-order valence-corrected chi connectivity index (χ3v) is 4.78. The van der Waals surface area contributed by atoms with Gasteiger partial charge in [0.2, 0.25) is 0 Å². The third-order valence-electron chi connectivity index (χ3n) is 4.78. The molecule has 3 rings (SSSR count). The number of amides is 1. The lowest BCUT2D eigenvalue weighted by Crippen LogP contribution is -2.28. The monoisotopic (exact) mass is 456 g/mol. The number of nitrogen functional groups attached to an aromatic ring is 1. The van der Waals surface area contributed by atoms with Gasteiger partial charge < -0.3 is 25.3 Å². The highest BCUT2D eigenvalue weighted by Gasteiger charge is 2.17. The number of nitrogens with one attached hydrogen (secondary N) is 1. The van der Waals surface area contributed by atoms with Gasteiger partial charge in [-0.25, -0.2) is 13.6 Å². The molecule has 3 N–H and O–H groups in total. The van der Waals surface area contributed by atoms with Crippen molar-refractivity contribution in [3.63, 3.8) is 0 Å². The van der Waals surface area contributed by atoms with Crippen LogP contribution in [-0.2, 0) is 4.74 Å². The minimum Gasteiger partial charge on any atom is -0.496 e. The molecule has 7 nitrogen and oxygen atoms in total. The molecule has 0 aliphatic rings. The SMILES string of the molecule is COC(=O)c1cc(C(=O)NCCOc2ccccc2-c2cc(N)c(F)cc2F)ccc1OC. The second-order valence-electron chi connectivity index (χ2n) is 6.86. The van der Waals surface area contributed by atoms with Crippen molar-refractivity contribution in [2.75, 3.05) is 33.1 Å². The smallest absolute Gasteiger partial charge is 0.341 e. The van der Waals surface area contributed by atoms with Crippen LogP contribution in [0.15, 0.2) is 54.6 Å². The molecule has 0 aromatic heterocycles. The fourth-order valence-electron chi connectivity index (χ4n) is 3.13. The van der Waals surface area contributed by atoms with Crippen molar-refractivity contribution in [2.24, 2.45) is 0 Å². The first-order valence-electron chi connectivity index (χ1n) is 9.87. The molecule has 3 aromatic rings. The quantitative estimate of drug-likeness (QED) is 0.304. The second-order valence-corrected chi connectivity index (χ2v) is 6.86. The van der Waals surface area contributed by atoms with Crippen molar-refractivity contribution in [1.82, 2.24) is 5.32 Å². The highest BCUT2D eigenvalue weighted by molar-refractivity contribution is 5.99. The minimum atomic E-state index is -0.841. The molecule has 0 bridgehead atoms. The number of hydrogen-bond donors (Lipinski definition) is 2. The van der Waals surface area contributed by atoms with E-state index in [0.717, 1.165) is 6.07 Å². The number of carbonyl (C=O) groups is 2. The summed E-state index contributed by atoms with van der Waals surface area (Å²) < 4.78 is 43.3. The molecule has 0 aliphatic heterocycles. The van der Waals surface area contributed by atoms with Crippen LogP contribution < -0.4 is 20.5 Å². The molecule has 0 heterocycles. The Bertz CT molecular complexity index is 1180. The van der Waals surface area contributed by atoms with E-state index in [0.29, 0.717) is 11.3 Å². The topological polar surface area (TPSA) is 99.9 Å². The highest BCUT2D eigenvalue weighted by Crippen LogP contribution is 2.33. The Labute approximate surface area is 189 Å². The van der Waals surface area contributed by atoms with Gasteiger partial charge in [0.1, 0.15) is 35.3 Å². The van der Waals surface area contributed by atoms with Crippen LogP contribution in [0.4, 0.5) is 14.5 Å². The molecule has 0 saturated heterocycles. The molecule has 33 heavy (non-hydrogen) atoms. The Hall–Kier alpha value is -4.14. The van der Waals surface area contributed by atoms with E-state index in [1.165, 1.54) is 38.5 Å². The van der Waals surface area contributed by atoms with E-state index in [4.69, 9.17) is 19.9 Å². The first kappa shape index (κ1) is 23.5. The van der Waals surface area contributed by atoms with Crippen LogP contribution >= 0.6 is 0 Å². The number of anilines is 1. The molecular formula is C24H22F2N2O5. The maximum absolute atomic E-state index is 14.3. The molecular weight excluding hydrogens is 434 g/mol. The maximum atomic E-state index is 14.3. The average Bonchev–Trinajstić information content (AvgIpc) is 2.83. The molecule has 1 amide bonds. The van der Waals surface area contributed by atoms with Gasteiger partial charge in [0.25, 0.3) is 5.91 Å². The zero-order valence-corrected chi connectivity index (χ0v) is 18.0. The molecule has 0 atom stereocenters. The number of hydrogen-bond acceptors (Lipinski definition) is 6. The van der Waals surface area contributed by atoms with Crippen molar-refractivity contribution in [2.45, 2.75) is 0 Å². The maximum Gasteiger partial charge on any atom is 0.341 e. The normalized spacial score (nSPS) is 10.4. The number of halogens is 2. The molecule has 0 unspecified atom stereocenters. The van der Waals surface area contributed by atoms with E-state index in [1.54, 1.807) is 24.3 Å². The predicted molar refractivity (Wildman–Crippen MR) is 118 cm³/mol. The van der Waals surface area contributed by atoms with Crippen molar-refractivity contribution in [3.05, 3.63) is 77.4 Å². The summed E-state index contributed by atoms with van der Waals surface area (Å²) >= 11 is 0. The van der Waals surface area contributed by atoms with Gasteiger partial charge in [0.05, 0.1) is 26.5 Å². The van der Waals surface area contributed by atoms with Crippen LogP contribution in [-0.4, -0.2) is 39.2 Å². The van der Waals surface area contributed by atoms with Gasteiger partial charge >= 0.3 is 5.97 Å². The minimum absolute atomic E-state index is 0.0705. The number of carbonyl (C=O) groups excluding carboxylic acids is 2. The lowest BCUT2D eigenvalue weighted by Gasteiger charge is -2.14. The van der Waals surface area contributed by atoms with Crippen LogP contribution in [0.1, 0.15) is 20.7 Å². The van der Waals surface area contributed by atoms with Gasteiger partial charge in [-0.1, -0.05) is 18.2 Å². The highest BCUT2D eigenvalue weighted by atomic mass is 19.1. The molecule has 3 aromatic carbocycles. The van der Waals surface area contributed by atoms with Gasteiger partial charge in [-0.05, 0) is 30.3 Å². The number of nitrogens with two attached hydrogens (primary N) is 1. The van der Waals surface area contributed by atoms with E-state index in [-0.39, 0.29) is 41.3 Å². The number of para-hydroxylation sites is 1. The van der Waals surface area contributed by atoms with Crippen molar-refractivity contribution in [3.8, 4) is 22.6 Å². The van der Waals surface area contributed by atoms with E-state index in [1.807, 2.05) is 0 Å². The summed E-state index contributed by atoms with van der Waals surface area (Å²) in [6.45, 7) is 0.196. The molecule has 0 aliphatic carbocycles. The van der Waals surface area contributed by atoms with Gasteiger partial charge in [0, 0.05) is 22.8 Å². The lowest BCUT2D eigenvalue weighted by atomic mass is 10.0. The van der Waals surface area contributed by atoms with E-state index in [2.05, 4.69) is 5.32 Å². The largest absolute Gasteiger partial charge is 0.496 e. The molecule has 0 fully saturated rings. The van der Waals surface area contributed by atoms with Crippen molar-refractivity contribution >= 4 is 17.6 Å². The van der Waals surface area contributed by atoms with Gasteiger partial charge in [0.15, 0.2) is 0 Å². The van der Waals surface area contributed by atoms with Crippen LogP contribution in [0.25, 0.3) is 11.1 Å². The predicted octanol–water partition coefficient (Wildman–Crippen LogP) is 3.82. The van der Waals surface area contributed by atoms with E-state index >= 15 is 0 Å². The summed E-state index contributed by atoms with van der Waals surface area (Å²) in [4.78, 5) is 24.4. The summed E-state index contributed by atoms with van der Waals surface area (Å²) in [5, 5.41) is 2.68.